The summed E-state index contributed by atoms with van der Waals surface area (Å²) in [6, 6.07) is 13.8. The number of carbonyl (C=O) groups is 1. The maximum atomic E-state index is 11.8. The molecule has 4 aromatic rings. The first-order valence-corrected chi connectivity index (χ1v) is 14.4. The van der Waals surface area contributed by atoms with Crippen LogP contribution in [0.2, 0.25) is 0 Å². The minimum absolute atomic E-state index is 0.246. The van der Waals surface area contributed by atoms with E-state index >= 15 is 0 Å². The summed E-state index contributed by atoms with van der Waals surface area (Å²) in [6.45, 7) is 10.2. The molecule has 0 spiro atoms. The monoisotopic (exact) mass is 556 g/mol. The summed E-state index contributed by atoms with van der Waals surface area (Å²) >= 11 is 1.55. The fraction of sp³-hybridized carbons (Fsp3) is 0.323. The fourth-order valence-corrected chi connectivity index (χ4v) is 6.39. The number of ether oxygens (including phenoxy) is 1. The van der Waals surface area contributed by atoms with Crippen molar-refractivity contribution in [3.05, 3.63) is 78.0 Å². The lowest BCUT2D eigenvalue weighted by molar-refractivity contribution is -0.111. The van der Waals surface area contributed by atoms with Crippen molar-refractivity contribution in [1.29, 1.82) is 0 Å². The molecule has 0 saturated carbocycles. The Hall–Kier alpha value is -3.82. The quantitative estimate of drug-likeness (QED) is 0.181. The van der Waals surface area contributed by atoms with Crippen molar-refractivity contribution < 1.29 is 9.53 Å². The van der Waals surface area contributed by atoms with E-state index in [9.17, 15) is 4.79 Å². The molecule has 9 heteroatoms. The highest BCUT2D eigenvalue weighted by atomic mass is 32.2. The van der Waals surface area contributed by atoms with Gasteiger partial charge in [-0.1, -0.05) is 31.3 Å². The average Bonchev–Trinajstić information content (AvgIpc) is 3.43. The molecular formula is C31H36N6O2S. The molecule has 1 fully saturated rings. The first kappa shape index (κ1) is 27.7. The van der Waals surface area contributed by atoms with Gasteiger partial charge in [0.25, 0.3) is 0 Å². The maximum absolute atomic E-state index is 11.8. The van der Waals surface area contributed by atoms with Crippen LogP contribution < -0.4 is 15.4 Å². The molecule has 5 rings (SSSR count). The number of methoxy groups -OCH3 is 1. The van der Waals surface area contributed by atoms with E-state index in [4.69, 9.17) is 9.72 Å². The van der Waals surface area contributed by atoms with Gasteiger partial charge in [0, 0.05) is 22.7 Å². The van der Waals surface area contributed by atoms with E-state index in [0.717, 1.165) is 59.4 Å². The number of fused-ring (bicyclic) bond motifs is 1. The lowest BCUT2D eigenvalue weighted by Gasteiger charge is -2.31. The van der Waals surface area contributed by atoms with Gasteiger partial charge < -0.3 is 20.3 Å². The van der Waals surface area contributed by atoms with E-state index in [1.54, 1.807) is 25.1 Å². The second-order valence-corrected chi connectivity index (χ2v) is 11.2. The van der Waals surface area contributed by atoms with Gasteiger partial charge in [0.2, 0.25) is 5.91 Å². The van der Waals surface area contributed by atoms with Crippen LogP contribution in [-0.2, 0) is 11.2 Å². The molecule has 0 radical (unpaired) electrons. The van der Waals surface area contributed by atoms with Crippen LogP contribution in [0.25, 0.3) is 5.65 Å². The van der Waals surface area contributed by atoms with E-state index in [1.807, 2.05) is 40.9 Å². The highest BCUT2D eigenvalue weighted by Gasteiger charge is 2.24. The van der Waals surface area contributed by atoms with Gasteiger partial charge in [-0.3, -0.25) is 4.79 Å². The number of aromatic nitrogens is 3. The van der Waals surface area contributed by atoms with Gasteiger partial charge in [-0.15, -0.1) is 0 Å². The third kappa shape index (κ3) is 5.85. The zero-order valence-electron chi connectivity index (χ0n) is 23.5. The zero-order valence-corrected chi connectivity index (χ0v) is 24.3. The number of piperidine rings is 1. The van der Waals surface area contributed by atoms with Crippen molar-refractivity contribution in [3.63, 3.8) is 0 Å². The van der Waals surface area contributed by atoms with Crippen molar-refractivity contribution in [2.45, 2.75) is 48.9 Å². The number of likely N-dealkylation sites (tertiary alicyclic amines) is 1. The van der Waals surface area contributed by atoms with Crippen LogP contribution in [0.1, 0.15) is 42.4 Å². The molecule has 40 heavy (non-hydrogen) atoms. The van der Waals surface area contributed by atoms with E-state index in [2.05, 4.69) is 54.2 Å². The Kier molecular flexibility index (Phi) is 8.42. The summed E-state index contributed by atoms with van der Waals surface area (Å²) in [6.07, 6.45) is 6.21. The zero-order chi connectivity index (χ0) is 28.2. The maximum Gasteiger partial charge on any atom is 0.247 e. The third-order valence-corrected chi connectivity index (χ3v) is 8.53. The minimum atomic E-state index is -0.246. The molecule has 0 unspecified atom stereocenters. The van der Waals surface area contributed by atoms with E-state index in [1.165, 1.54) is 22.8 Å². The van der Waals surface area contributed by atoms with Crippen LogP contribution in [-0.4, -0.2) is 52.7 Å². The second-order valence-electron chi connectivity index (χ2n) is 10.1. The second kappa shape index (κ2) is 12.1. The lowest BCUT2D eigenvalue weighted by Crippen LogP contribution is -2.29. The van der Waals surface area contributed by atoms with Gasteiger partial charge in [0.15, 0.2) is 5.65 Å². The Bertz CT molecular complexity index is 1540. The van der Waals surface area contributed by atoms with Crippen LogP contribution in [0.15, 0.2) is 71.2 Å². The van der Waals surface area contributed by atoms with Crippen LogP contribution in [0, 0.1) is 6.92 Å². The summed E-state index contributed by atoms with van der Waals surface area (Å²) < 4.78 is 7.77. The Balaban J connectivity index is 1.49. The van der Waals surface area contributed by atoms with Crippen molar-refractivity contribution in [1.82, 2.24) is 19.5 Å². The van der Waals surface area contributed by atoms with Crippen LogP contribution >= 0.6 is 11.8 Å². The predicted octanol–water partition coefficient (Wildman–Crippen LogP) is 6.44. The Morgan fingerprint density at radius 1 is 1.23 bits per heavy atom. The van der Waals surface area contributed by atoms with Crippen LogP contribution in [0.3, 0.4) is 0 Å². The molecule has 2 aromatic heterocycles. The molecule has 0 aliphatic carbocycles. The van der Waals surface area contributed by atoms with Gasteiger partial charge in [-0.2, -0.15) is 5.10 Å². The first-order valence-electron chi connectivity index (χ1n) is 13.6. The molecule has 3 heterocycles. The summed E-state index contributed by atoms with van der Waals surface area (Å²) in [5.41, 5.74) is 6.38. The molecule has 1 aliphatic heterocycles. The molecule has 8 nitrogen and oxygen atoms in total. The highest BCUT2D eigenvalue weighted by Crippen LogP contribution is 2.41. The number of anilines is 3. The van der Waals surface area contributed by atoms with Crippen LogP contribution in [0.5, 0.6) is 5.75 Å². The Morgan fingerprint density at radius 3 is 2.75 bits per heavy atom. The third-order valence-electron chi connectivity index (χ3n) is 7.54. The number of rotatable bonds is 9. The minimum Gasteiger partial charge on any atom is -0.495 e. The highest BCUT2D eigenvalue weighted by molar-refractivity contribution is 7.99. The molecule has 2 aromatic carbocycles. The average molecular weight is 557 g/mol. The number of nitrogens with zero attached hydrogens (tertiary/aromatic N) is 4. The van der Waals surface area contributed by atoms with Gasteiger partial charge in [0.1, 0.15) is 16.6 Å². The van der Waals surface area contributed by atoms with Crippen molar-refractivity contribution >= 4 is 40.5 Å². The van der Waals surface area contributed by atoms with Crippen LogP contribution in [0.4, 0.5) is 17.2 Å². The van der Waals surface area contributed by atoms with E-state index < -0.39 is 0 Å². The summed E-state index contributed by atoms with van der Waals surface area (Å²) in [7, 11) is 3.93. The van der Waals surface area contributed by atoms with Crippen molar-refractivity contribution in [2.75, 3.05) is 37.9 Å². The van der Waals surface area contributed by atoms with Gasteiger partial charge in [-0.05, 0) is 99.3 Å². The predicted molar refractivity (Wildman–Crippen MR) is 162 cm³/mol. The molecular weight excluding hydrogens is 520 g/mol. The van der Waals surface area contributed by atoms with Crippen molar-refractivity contribution in [2.24, 2.45) is 0 Å². The summed E-state index contributed by atoms with van der Waals surface area (Å²) in [5, 5.41) is 11.8. The lowest BCUT2D eigenvalue weighted by atomic mass is 9.84. The molecule has 2 N–H and O–H groups in total. The topological polar surface area (TPSA) is 83.8 Å². The van der Waals surface area contributed by atoms with Gasteiger partial charge in [0.05, 0.1) is 19.0 Å². The molecule has 0 atom stereocenters. The number of hydrogen-bond acceptors (Lipinski definition) is 7. The molecule has 1 saturated heterocycles. The summed E-state index contributed by atoms with van der Waals surface area (Å²) in [5.74, 6) is 1.85. The van der Waals surface area contributed by atoms with Crippen molar-refractivity contribution in [3.8, 4) is 5.75 Å². The van der Waals surface area contributed by atoms with E-state index in [-0.39, 0.29) is 5.91 Å². The SMILES string of the molecule is C=CC(=O)Nc1cccc(Sc2cc(Nc3c(OC)cc(C4CCN(C)CC4)c(C)c3CC)nc3ccnn23)c1. The normalized spacial score (nSPS) is 14.3. The number of amides is 1. The molecule has 1 amide bonds. The van der Waals surface area contributed by atoms with Gasteiger partial charge in [-0.25, -0.2) is 9.50 Å². The summed E-state index contributed by atoms with van der Waals surface area (Å²) in [4.78, 5) is 20.0. The van der Waals surface area contributed by atoms with Gasteiger partial charge >= 0.3 is 0 Å². The number of nitrogens with one attached hydrogen (secondary N) is 2. The molecule has 0 bridgehead atoms. The number of benzene rings is 2. The smallest absolute Gasteiger partial charge is 0.247 e. The molecule has 208 valence electrons. The number of carbonyl (C=O) groups excluding carboxylic acids is 1. The Morgan fingerprint density at radius 2 is 2.02 bits per heavy atom. The first-order chi connectivity index (χ1) is 19.4. The largest absolute Gasteiger partial charge is 0.495 e. The standard InChI is InChI=1S/C31H36N6O2S/c1-6-24-20(3)25(21-12-15-36(4)16-13-21)18-26(39-5)31(24)35-27-19-30(37-28(34-27)11-14-32-37)40-23-10-8-9-22(17-23)33-29(38)7-2/h7-11,14,17-19,21H,2,6,12-13,15-16H2,1,3-5H3,(H,33,38)(H,34,35). The van der Waals surface area contributed by atoms with E-state index in [0.29, 0.717) is 17.4 Å². The Labute approximate surface area is 239 Å². The number of hydrogen-bond donors (Lipinski definition) is 2. The molecule has 1 aliphatic rings. The fourth-order valence-electron chi connectivity index (χ4n) is 5.42.